The van der Waals surface area contributed by atoms with Crippen LogP contribution in [0.5, 0.6) is 11.5 Å². The third-order valence-electron chi connectivity index (χ3n) is 3.87. The normalized spacial score (nSPS) is 11.5. The molecule has 0 saturated heterocycles. The first kappa shape index (κ1) is 19.3. The maximum Gasteiger partial charge on any atom is 0.304 e. The van der Waals surface area contributed by atoms with E-state index in [0.29, 0.717) is 30.2 Å². The van der Waals surface area contributed by atoms with Gasteiger partial charge in [-0.15, -0.1) is 0 Å². The van der Waals surface area contributed by atoms with Crippen LogP contribution >= 0.6 is 0 Å². The number of hydrogen-bond acceptors (Lipinski definition) is 4. The van der Waals surface area contributed by atoms with Gasteiger partial charge >= 0.3 is 5.97 Å². The molecule has 0 aliphatic carbocycles. The van der Waals surface area contributed by atoms with Crippen molar-refractivity contribution in [3.63, 3.8) is 0 Å². The highest BCUT2D eigenvalue weighted by molar-refractivity contribution is 5.94. The molecule has 138 valence electrons. The number of rotatable bonds is 9. The zero-order chi connectivity index (χ0) is 18.9. The van der Waals surface area contributed by atoms with E-state index in [1.165, 1.54) is 0 Å². The third-order valence-corrected chi connectivity index (χ3v) is 3.87. The SMILES string of the molecule is CCOc1ccc(NC(=O)[C@@H](CC(=O)O)Cc2ccc(OC)cc2)cc1. The summed E-state index contributed by atoms with van der Waals surface area (Å²) in [5.74, 6) is -0.585. The summed E-state index contributed by atoms with van der Waals surface area (Å²) in [6.45, 7) is 2.46. The van der Waals surface area contributed by atoms with Crippen LogP contribution in [0.1, 0.15) is 18.9 Å². The number of nitrogens with one attached hydrogen (secondary N) is 1. The molecule has 1 amide bonds. The maximum absolute atomic E-state index is 12.6. The molecule has 2 aromatic carbocycles. The first-order chi connectivity index (χ1) is 12.5. The number of amides is 1. The lowest BCUT2D eigenvalue weighted by molar-refractivity contribution is -0.140. The number of carboxylic acids is 1. The molecule has 0 aliphatic rings. The van der Waals surface area contributed by atoms with E-state index in [0.717, 1.165) is 5.56 Å². The summed E-state index contributed by atoms with van der Waals surface area (Å²) in [4.78, 5) is 23.7. The Hall–Kier alpha value is -3.02. The number of ether oxygens (including phenoxy) is 2. The van der Waals surface area contributed by atoms with Gasteiger partial charge in [0.2, 0.25) is 5.91 Å². The van der Waals surface area contributed by atoms with Crippen LogP contribution in [0.3, 0.4) is 0 Å². The van der Waals surface area contributed by atoms with Gasteiger partial charge in [0.05, 0.1) is 26.1 Å². The smallest absolute Gasteiger partial charge is 0.304 e. The second-order valence-electron chi connectivity index (χ2n) is 5.79. The standard InChI is InChI=1S/C20H23NO5/c1-3-26-18-10-6-16(7-11-18)21-20(24)15(13-19(22)23)12-14-4-8-17(25-2)9-5-14/h4-11,15H,3,12-13H2,1-2H3,(H,21,24)(H,22,23)/t15-/m1/s1. The minimum atomic E-state index is -1.01. The van der Waals surface area contributed by atoms with E-state index in [4.69, 9.17) is 14.6 Å². The fraction of sp³-hybridized carbons (Fsp3) is 0.300. The monoisotopic (exact) mass is 357 g/mol. The quantitative estimate of drug-likeness (QED) is 0.719. The summed E-state index contributed by atoms with van der Waals surface area (Å²) in [6, 6.07) is 14.2. The van der Waals surface area contributed by atoms with Crippen LogP contribution in [0.15, 0.2) is 48.5 Å². The molecule has 0 unspecified atom stereocenters. The summed E-state index contributed by atoms with van der Waals surface area (Å²) in [7, 11) is 1.58. The van der Waals surface area contributed by atoms with E-state index in [2.05, 4.69) is 5.32 Å². The lowest BCUT2D eigenvalue weighted by atomic mass is 9.95. The fourth-order valence-corrected chi connectivity index (χ4v) is 2.56. The van der Waals surface area contributed by atoms with Gasteiger partial charge in [0, 0.05) is 5.69 Å². The number of carboxylic acid groups (broad SMARTS) is 1. The molecule has 0 heterocycles. The van der Waals surface area contributed by atoms with Crippen molar-refractivity contribution in [3.8, 4) is 11.5 Å². The molecule has 0 radical (unpaired) electrons. The van der Waals surface area contributed by atoms with Gasteiger partial charge in [0.25, 0.3) is 0 Å². The Morgan fingerprint density at radius 2 is 1.65 bits per heavy atom. The molecule has 0 aromatic heterocycles. The number of methoxy groups -OCH3 is 1. The minimum Gasteiger partial charge on any atom is -0.497 e. The molecule has 6 nitrogen and oxygen atoms in total. The predicted molar refractivity (Wildman–Crippen MR) is 98.7 cm³/mol. The molecule has 0 spiro atoms. The Kier molecular flexibility index (Phi) is 7.02. The Labute approximate surface area is 152 Å². The van der Waals surface area contributed by atoms with Crippen molar-refractivity contribution in [2.45, 2.75) is 19.8 Å². The Morgan fingerprint density at radius 3 is 2.19 bits per heavy atom. The zero-order valence-electron chi connectivity index (χ0n) is 14.9. The van der Waals surface area contributed by atoms with Crippen molar-refractivity contribution in [2.75, 3.05) is 19.0 Å². The number of carbonyl (C=O) groups excluding carboxylic acids is 1. The molecule has 0 fully saturated rings. The van der Waals surface area contributed by atoms with Gasteiger partial charge in [-0.05, 0) is 55.3 Å². The van der Waals surface area contributed by atoms with E-state index in [1.54, 1.807) is 43.5 Å². The van der Waals surface area contributed by atoms with Crippen LogP contribution in [-0.4, -0.2) is 30.7 Å². The van der Waals surface area contributed by atoms with Crippen molar-refractivity contribution >= 4 is 17.6 Å². The predicted octanol–water partition coefficient (Wildman–Crippen LogP) is 3.37. The van der Waals surface area contributed by atoms with Crippen LogP contribution < -0.4 is 14.8 Å². The second kappa shape index (κ2) is 9.46. The van der Waals surface area contributed by atoms with Crippen molar-refractivity contribution < 1.29 is 24.2 Å². The van der Waals surface area contributed by atoms with Gasteiger partial charge in [0.15, 0.2) is 0 Å². The average Bonchev–Trinajstić information content (AvgIpc) is 2.63. The highest BCUT2D eigenvalue weighted by Gasteiger charge is 2.22. The zero-order valence-corrected chi connectivity index (χ0v) is 14.9. The first-order valence-electron chi connectivity index (χ1n) is 8.40. The van der Waals surface area contributed by atoms with Crippen molar-refractivity contribution in [1.29, 1.82) is 0 Å². The fourth-order valence-electron chi connectivity index (χ4n) is 2.56. The molecular formula is C20H23NO5. The molecule has 2 rings (SSSR count). The van der Waals surface area contributed by atoms with Crippen LogP contribution in [-0.2, 0) is 16.0 Å². The molecular weight excluding hydrogens is 334 g/mol. The second-order valence-corrected chi connectivity index (χ2v) is 5.79. The van der Waals surface area contributed by atoms with Gasteiger partial charge in [-0.25, -0.2) is 0 Å². The van der Waals surface area contributed by atoms with Crippen molar-refractivity contribution in [1.82, 2.24) is 0 Å². The Morgan fingerprint density at radius 1 is 1.04 bits per heavy atom. The number of carbonyl (C=O) groups is 2. The van der Waals surface area contributed by atoms with E-state index in [9.17, 15) is 9.59 Å². The molecule has 26 heavy (non-hydrogen) atoms. The molecule has 1 atom stereocenters. The van der Waals surface area contributed by atoms with E-state index < -0.39 is 11.9 Å². The molecule has 2 N–H and O–H groups in total. The Balaban J connectivity index is 2.06. The van der Waals surface area contributed by atoms with Gasteiger partial charge in [-0.3, -0.25) is 9.59 Å². The van der Waals surface area contributed by atoms with Crippen LogP contribution in [0, 0.1) is 5.92 Å². The van der Waals surface area contributed by atoms with E-state index in [-0.39, 0.29) is 12.3 Å². The van der Waals surface area contributed by atoms with Gasteiger partial charge in [-0.2, -0.15) is 0 Å². The van der Waals surface area contributed by atoms with Gasteiger partial charge < -0.3 is 19.9 Å². The topological polar surface area (TPSA) is 84.9 Å². The maximum atomic E-state index is 12.6. The first-order valence-corrected chi connectivity index (χ1v) is 8.40. The summed E-state index contributed by atoms with van der Waals surface area (Å²) in [6.07, 6.45) is 0.0913. The van der Waals surface area contributed by atoms with Crippen LogP contribution in [0.25, 0.3) is 0 Å². The molecule has 6 heteroatoms. The lowest BCUT2D eigenvalue weighted by Crippen LogP contribution is -2.27. The number of aliphatic carboxylic acids is 1. The summed E-state index contributed by atoms with van der Waals surface area (Å²) >= 11 is 0. The van der Waals surface area contributed by atoms with Crippen LogP contribution in [0.4, 0.5) is 5.69 Å². The largest absolute Gasteiger partial charge is 0.497 e. The van der Waals surface area contributed by atoms with Gasteiger partial charge in [-0.1, -0.05) is 12.1 Å². The molecule has 0 bridgehead atoms. The number of benzene rings is 2. The lowest BCUT2D eigenvalue weighted by Gasteiger charge is -2.16. The van der Waals surface area contributed by atoms with E-state index in [1.807, 2.05) is 19.1 Å². The number of anilines is 1. The van der Waals surface area contributed by atoms with Crippen molar-refractivity contribution in [3.05, 3.63) is 54.1 Å². The molecule has 0 saturated carbocycles. The van der Waals surface area contributed by atoms with Crippen molar-refractivity contribution in [2.24, 2.45) is 5.92 Å². The van der Waals surface area contributed by atoms with Crippen LogP contribution in [0.2, 0.25) is 0 Å². The highest BCUT2D eigenvalue weighted by Crippen LogP contribution is 2.20. The molecule has 2 aromatic rings. The number of hydrogen-bond donors (Lipinski definition) is 2. The Bertz CT molecular complexity index is 725. The summed E-state index contributed by atoms with van der Waals surface area (Å²) in [5.41, 5.74) is 1.47. The summed E-state index contributed by atoms with van der Waals surface area (Å²) in [5, 5.41) is 11.9. The third kappa shape index (κ3) is 5.81. The van der Waals surface area contributed by atoms with E-state index >= 15 is 0 Å². The summed E-state index contributed by atoms with van der Waals surface area (Å²) < 4.78 is 10.5. The average molecular weight is 357 g/mol. The highest BCUT2D eigenvalue weighted by atomic mass is 16.5. The molecule has 0 aliphatic heterocycles. The van der Waals surface area contributed by atoms with Gasteiger partial charge in [0.1, 0.15) is 11.5 Å². The minimum absolute atomic E-state index is 0.241.